The van der Waals surface area contributed by atoms with E-state index in [9.17, 15) is 18.4 Å². The molecular formula is C5H4F2O4S. The van der Waals surface area contributed by atoms with E-state index >= 15 is 0 Å². The summed E-state index contributed by atoms with van der Waals surface area (Å²) in [5, 5.41) is -3.64. The number of esters is 2. The van der Waals surface area contributed by atoms with Gasteiger partial charge in [-0.25, -0.2) is 9.59 Å². The molecular weight excluding hydrogens is 194 g/mol. The van der Waals surface area contributed by atoms with Gasteiger partial charge in [0.15, 0.2) is 0 Å². The van der Waals surface area contributed by atoms with E-state index in [-0.39, 0.29) is 11.8 Å². The second-order valence-electron chi connectivity index (χ2n) is 1.90. The zero-order valence-corrected chi connectivity index (χ0v) is 6.69. The number of hydrogen-bond donors (Lipinski definition) is 0. The van der Waals surface area contributed by atoms with Crippen molar-refractivity contribution >= 4 is 23.7 Å². The van der Waals surface area contributed by atoms with E-state index in [1.54, 1.807) is 0 Å². The van der Waals surface area contributed by atoms with Gasteiger partial charge in [0.25, 0.3) is 5.44 Å². The lowest BCUT2D eigenvalue weighted by atomic mass is 10.7. The van der Waals surface area contributed by atoms with Gasteiger partial charge in [-0.15, -0.1) is 0 Å². The molecule has 1 saturated heterocycles. The van der Waals surface area contributed by atoms with Gasteiger partial charge in [-0.2, -0.15) is 8.78 Å². The molecule has 1 fully saturated rings. The third-order valence-electron chi connectivity index (χ3n) is 1.10. The van der Waals surface area contributed by atoms with Crippen molar-refractivity contribution in [1.82, 2.24) is 0 Å². The minimum atomic E-state index is -3.64. The number of carbonyl (C=O) groups excluding carboxylic acids is 2. The van der Waals surface area contributed by atoms with Gasteiger partial charge < -0.3 is 9.47 Å². The molecule has 0 aliphatic carbocycles. The summed E-state index contributed by atoms with van der Waals surface area (Å²) in [4.78, 5) is 20.9. The molecule has 68 valence electrons. The maximum absolute atomic E-state index is 12.4. The lowest BCUT2D eigenvalue weighted by Crippen LogP contribution is -2.19. The maximum atomic E-state index is 12.4. The molecule has 0 aromatic rings. The van der Waals surface area contributed by atoms with Gasteiger partial charge in [0, 0.05) is 0 Å². The van der Waals surface area contributed by atoms with Crippen LogP contribution in [-0.4, -0.2) is 29.7 Å². The van der Waals surface area contributed by atoms with Gasteiger partial charge in [-0.1, -0.05) is 0 Å². The molecule has 4 nitrogen and oxygen atoms in total. The highest BCUT2D eigenvalue weighted by Gasteiger charge is 2.54. The Labute approximate surface area is 70.2 Å². The Kier molecular flexibility index (Phi) is 2.22. The van der Waals surface area contributed by atoms with E-state index in [1.165, 1.54) is 0 Å². The second-order valence-corrected chi connectivity index (χ2v) is 3.07. The van der Waals surface area contributed by atoms with Crippen molar-refractivity contribution < 1.29 is 27.8 Å². The molecule has 0 radical (unpaired) electrons. The fourth-order valence-electron chi connectivity index (χ4n) is 0.565. The Morgan fingerprint density at radius 1 is 1.75 bits per heavy atom. The van der Waals surface area contributed by atoms with Crippen molar-refractivity contribution in [2.75, 3.05) is 7.11 Å². The van der Waals surface area contributed by atoms with Gasteiger partial charge in [0.1, 0.15) is 0 Å². The van der Waals surface area contributed by atoms with Crippen molar-refractivity contribution in [3.63, 3.8) is 0 Å². The molecule has 0 aromatic carbocycles. The second kappa shape index (κ2) is 2.89. The molecule has 1 aliphatic rings. The molecule has 1 rings (SSSR count). The van der Waals surface area contributed by atoms with Crippen LogP contribution in [0.5, 0.6) is 0 Å². The predicted octanol–water partition coefficient (Wildman–Crippen LogP) is 0.368. The molecule has 7 heteroatoms. The fourth-order valence-corrected chi connectivity index (χ4v) is 1.31. The lowest BCUT2D eigenvalue weighted by Gasteiger charge is -2.02. The van der Waals surface area contributed by atoms with E-state index in [0.717, 1.165) is 7.11 Å². The maximum Gasteiger partial charge on any atom is 0.392 e. The third-order valence-corrected chi connectivity index (χ3v) is 2.07. The Morgan fingerprint density at radius 3 is 2.67 bits per heavy atom. The van der Waals surface area contributed by atoms with Crippen molar-refractivity contribution in [2.45, 2.75) is 10.7 Å². The summed E-state index contributed by atoms with van der Waals surface area (Å²) in [5.74, 6) is -2.70. The van der Waals surface area contributed by atoms with Crippen molar-refractivity contribution in [3.05, 3.63) is 0 Å². The third kappa shape index (κ3) is 1.50. The van der Waals surface area contributed by atoms with Gasteiger partial charge in [0.2, 0.25) is 0 Å². The van der Waals surface area contributed by atoms with Crippen LogP contribution in [0.15, 0.2) is 0 Å². The average Bonchev–Trinajstić information content (AvgIpc) is 2.25. The largest absolute Gasteiger partial charge is 0.466 e. The zero-order chi connectivity index (χ0) is 9.35. The highest BCUT2D eigenvalue weighted by Crippen LogP contribution is 2.41. The monoisotopic (exact) mass is 198 g/mol. The first-order valence-corrected chi connectivity index (χ1v) is 3.70. The summed E-state index contributed by atoms with van der Waals surface area (Å²) in [6.45, 7) is 0. The van der Waals surface area contributed by atoms with Crippen LogP contribution in [0.4, 0.5) is 8.78 Å². The summed E-state index contributed by atoms with van der Waals surface area (Å²) in [6, 6.07) is 0. The van der Waals surface area contributed by atoms with Gasteiger partial charge in [0.05, 0.1) is 7.11 Å². The number of methoxy groups -OCH3 is 1. The SMILES string of the molecule is COC(=O)C1OC(=O)C(F)(F)S1. The number of cyclic esters (lactones) is 1. The molecule has 0 saturated carbocycles. The molecule has 0 spiro atoms. The van der Waals surface area contributed by atoms with E-state index in [2.05, 4.69) is 9.47 Å². The molecule has 0 aromatic heterocycles. The molecule has 1 heterocycles. The highest BCUT2D eigenvalue weighted by atomic mass is 32.2. The number of thioether (sulfide) groups is 1. The number of hydrogen-bond acceptors (Lipinski definition) is 5. The van der Waals surface area contributed by atoms with Crippen LogP contribution in [-0.2, 0) is 19.1 Å². The fraction of sp³-hybridized carbons (Fsp3) is 0.600. The van der Waals surface area contributed by atoms with Crippen LogP contribution in [0.3, 0.4) is 0 Å². The quantitative estimate of drug-likeness (QED) is 0.569. The Balaban J connectivity index is 2.67. The topological polar surface area (TPSA) is 52.6 Å². The van der Waals surface area contributed by atoms with Crippen LogP contribution in [0.1, 0.15) is 0 Å². The molecule has 0 bridgehead atoms. The smallest absolute Gasteiger partial charge is 0.392 e. The first-order chi connectivity index (χ1) is 5.47. The van der Waals surface area contributed by atoms with Crippen LogP contribution in [0, 0.1) is 0 Å². The molecule has 1 aliphatic heterocycles. The summed E-state index contributed by atoms with van der Waals surface area (Å²) >= 11 is -0.171. The van der Waals surface area contributed by atoms with Crippen molar-refractivity contribution in [1.29, 1.82) is 0 Å². The summed E-state index contributed by atoms with van der Waals surface area (Å²) in [6.07, 6.45) is 0. The first kappa shape index (κ1) is 9.24. The Morgan fingerprint density at radius 2 is 2.33 bits per heavy atom. The van der Waals surface area contributed by atoms with Crippen LogP contribution in [0.2, 0.25) is 0 Å². The predicted molar refractivity (Wildman–Crippen MR) is 34.4 cm³/mol. The minimum absolute atomic E-state index is 0.171. The zero-order valence-electron chi connectivity index (χ0n) is 5.87. The van der Waals surface area contributed by atoms with E-state index < -0.39 is 22.6 Å². The van der Waals surface area contributed by atoms with Crippen LogP contribution in [0.25, 0.3) is 0 Å². The van der Waals surface area contributed by atoms with Crippen molar-refractivity contribution in [3.8, 4) is 0 Å². The highest BCUT2D eigenvalue weighted by molar-refractivity contribution is 8.02. The molecule has 0 N–H and O–H groups in total. The average molecular weight is 198 g/mol. The van der Waals surface area contributed by atoms with E-state index in [1.807, 2.05) is 0 Å². The Bertz CT molecular complexity index is 229. The van der Waals surface area contributed by atoms with E-state index in [0.29, 0.717) is 0 Å². The van der Waals surface area contributed by atoms with Crippen LogP contribution < -0.4 is 0 Å². The first-order valence-electron chi connectivity index (χ1n) is 2.82. The minimum Gasteiger partial charge on any atom is -0.466 e. The number of ether oxygens (including phenoxy) is 2. The van der Waals surface area contributed by atoms with Gasteiger partial charge >= 0.3 is 17.2 Å². The number of carbonyl (C=O) groups is 2. The number of rotatable bonds is 1. The number of halogens is 2. The molecule has 0 amide bonds. The lowest BCUT2D eigenvalue weighted by molar-refractivity contribution is -0.165. The molecule has 12 heavy (non-hydrogen) atoms. The van der Waals surface area contributed by atoms with Gasteiger partial charge in [-0.05, 0) is 11.8 Å². The molecule has 1 atom stereocenters. The normalized spacial score (nSPS) is 26.6. The Hall–Kier alpha value is -0.850. The standard InChI is InChI=1S/C5H4F2O4S/c1-10-2(8)3-11-4(9)5(6,7)12-3/h3H,1H3. The summed E-state index contributed by atoms with van der Waals surface area (Å²) in [5.41, 5.74) is -1.54. The number of alkyl halides is 2. The summed E-state index contributed by atoms with van der Waals surface area (Å²) < 4.78 is 32.9. The van der Waals surface area contributed by atoms with Crippen molar-refractivity contribution in [2.24, 2.45) is 0 Å². The molecule has 1 unspecified atom stereocenters. The van der Waals surface area contributed by atoms with E-state index in [4.69, 9.17) is 0 Å². The van der Waals surface area contributed by atoms with Gasteiger partial charge in [-0.3, -0.25) is 0 Å². The van der Waals surface area contributed by atoms with Crippen LogP contribution >= 0.6 is 11.8 Å². The summed E-state index contributed by atoms with van der Waals surface area (Å²) in [7, 11) is 1.02.